The molecule has 0 fully saturated rings. The van der Waals surface area contributed by atoms with Gasteiger partial charge < -0.3 is 4.52 Å². The van der Waals surface area contributed by atoms with Crippen molar-refractivity contribution in [3.05, 3.63) is 71.8 Å². The Hall–Kier alpha value is -2.03. The Morgan fingerprint density at radius 2 is 1.18 bits per heavy atom. The number of hydrogen-bond acceptors (Lipinski definition) is 4. The standard InChI is InChI=1S/C17H17O4P/c1-22(2,20)21-17(15(18)13-9-5-3-6-10-13)16(19)14-11-7-4-8-12-14/h3-12,17H,1-2H3. The van der Waals surface area contributed by atoms with Crippen molar-refractivity contribution in [1.82, 2.24) is 0 Å². The predicted molar refractivity (Wildman–Crippen MR) is 85.9 cm³/mol. The molecule has 0 aliphatic rings. The van der Waals surface area contributed by atoms with Crippen LogP contribution in [0.25, 0.3) is 0 Å². The minimum atomic E-state index is -3.01. The summed E-state index contributed by atoms with van der Waals surface area (Å²) in [6.07, 6.45) is -1.40. The minimum Gasteiger partial charge on any atom is -0.309 e. The Labute approximate surface area is 129 Å². The second-order valence-corrected chi connectivity index (χ2v) is 7.91. The molecule has 0 N–H and O–H groups in total. The van der Waals surface area contributed by atoms with Crippen LogP contribution < -0.4 is 0 Å². The average Bonchev–Trinajstić information content (AvgIpc) is 2.52. The van der Waals surface area contributed by atoms with E-state index in [1.807, 2.05) is 0 Å². The molecule has 0 aromatic heterocycles. The zero-order chi connectivity index (χ0) is 16.2. The van der Waals surface area contributed by atoms with Gasteiger partial charge in [0, 0.05) is 24.5 Å². The van der Waals surface area contributed by atoms with Crippen LogP contribution >= 0.6 is 7.37 Å². The molecule has 22 heavy (non-hydrogen) atoms. The lowest BCUT2D eigenvalue weighted by Gasteiger charge is -2.18. The number of carbonyl (C=O) groups is 2. The van der Waals surface area contributed by atoms with Crippen LogP contribution in [0.1, 0.15) is 20.7 Å². The third-order valence-corrected chi connectivity index (χ3v) is 3.67. The van der Waals surface area contributed by atoms with E-state index in [9.17, 15) is 14.2 Å². The fraction of sp³-hybridized carbons (Fsp3) is 0.176. The highest BCUT2D eigenvalue weighted by atomic mass is 31.2. The second kappa shape index (κ2) is 6.82. The van der Waals surface area contributed by atoms with Gasteiger partial charge in [-0.2, -0.15) is 0 Å². The highest BCUT2D eigenvalue weighted by molar-refractivity contribution is 7.57. The summed E-state index contributed by atoms with van der Waals surface area (Å²) in [5, 5.41) is 0. The zero-order valence-electron chi connectivity index (χ0n) is 12.4. The first-order valence-electron chi connectivity index (χ1n) is 6.80. The van der Waals surface area contributed by atoms with Gasteiger partial charge in [-0.1, -0.05) is 60.7 Å². The van der Waals surface area contributed by atoms with Crippen LogP contribution in [0, 0.1) is 0 Å². The van der Waals surface area contributed by atoms with E-state index in [1.54, 1.807) is 60.7 Å². The number of Topliss-reactive ketones (excluding diaryl/α,β-unsaturated/α-hetero) is 2. The zero-order valence-corrected chi connectivity index (χ0v) is 13.3. The number of rotatable bonds is 6. The topological polar surface area (TPSA) is 60.4 Å². The maximum absolute atomic E-state index is 12.6. The van der Waals surface area contributed by atoms with Crippen LogP contribution in [0.5, 0.6) is 0 Å². The molecule has 0 saturated carbocycles. The molecule has 2 aromatic carbocycles. The Bertz CT molecular complexity index is 652. The first-order valence-corrected chi connectivity index (χ1v) is 9.32. The van der Waals surface area contributed by atoms with Gasteiger partial charge in [0.25, 0.3) is 0 Å². The Kier molecular flexibility index (Phi) is 5.07. The molecule has 114 valence electrons. The fourth-order valence-corrected chi connectivity index (χ4v) is 2.68. The Morgan fingerprint density at radius 3 is 1.50 bits per heavy atom. The highest BCUT2D eigenvalue weighted by Gasteiger charge is 2.32. The van der Waals surface area contributed by atoms with E-state index < -0.39 is 25.0 Å². The summed E-state index contributed by atoms with van der Waals surface area (Å²) < 4.78 is 17.3. The third-order valence-electron chi connectivity index (χ3n) is 2.95. The average molecular weight is 316 g/mol. The molecule has 0 spiro atoms. The fourth-order valence-electron chi connectivity index (χ4n) is 1.98. The lowest BCUT2D eigenvalue weighted by Crippen LogP contribution is -2.32. The minimum absolute atomic E-state index is 0.352. The van der Waals surface area contributed by atoms with E-state index in [0.717, 1.165) is 0 Å². The Morgan fingerprint density at radius 1 is 0.818 bits per heavy atom. The first kappa shape index (κ1) is 16.3. The predicted octanol–water partition coefficient (Wildman–Crippen LogP) is 3.68. The van der Waals surface area contributed by atoms with Gasteiger partial charge in [-0.3, -0.25) is 14.2 Å². The van der Waals surface area contributed by atoms with Gasteiger partial charge in [0.1, 0.15) is 0 Å². The van der Waals surface area contributed by atoms with E-state index in [1.165, 1.54) is 13.3 Å². The summed E-state index contributed by atoms with van der Waals surface area (Å²) in [6, 6.07) is 16.8. The third kappa shape index (κ3) is 4.23. The van der Waals surface area contributed by atoms with E-state index in [4.69, 9.17) is 4.52 Å². The molecular weight excluding hydrogens is 299 g/mol. The summed E-state index contributed by atoms with van der Waals surface area (Å²) in [7, 11) is -3.01. The highest BCUT2D eigenvalue weighted by Crippen LogP contribution is 2.40. The molecule has 0 aliphatic carbocycles. The van der Waals surface area contributed by atoms with E-state index in [0.29, 0.717) is 11.1 Å². The normalized spacial score (nSPS) is 11.4. The van der Waals surface area contributed by atoms with E-state index in [2.05, 4.69) is 0 Å². The molecule has 0 bridgehead atoms. The number of ketones is 2. The van der Waals surface area contributed by atoms with Gasteiger partial charge in [-0.15, -0.1) is 0 Å². The smallest absolute Gasteiger partial charge is 0.200 e. The van der Waals surface area contributed by atoms with E-state index >= 15 is 0 Å². The van der Waals surface area contributed by atoms with Gasteiger partial charge in [0.15, 0.2) is 25.0 Å². The molecule has 0 unspecified atom stereocenters. The lowest BCUT2D eigenvalue weighted by atomic mass is 9.99. The second-order valence-electron chi connectivity index (χ2n) is 5.20. The van der Waals surface area contributed by atoms with Crippen molar-refractivity contribution in [2.45, 2.75) is 6.10 Å². The number of hydrogen-bond donors (Lipinski definition) is 0. The molecule has 2 aromatic rings. The van der Waals surface area contributed by atoms with Crippen molar-refractivity contribution >= 4 is 18.9 Å². The molecule has 4 nitrogen and oxygen atoms in total. The monoisotopic (exact) mass is 316 g/mol. The molecular formula is C17H17O4P. The van der Waals surface area contributed by atoms with Crippen LogP contribution in [0.2, 0.25) is 0 Å². The molecule has 5 heteroatoms. The summed E-state index contributed by atoms with van der Waals surface area (Å²) in [6.45, 7) is 2.77. The molecule has 0 heterocycles. The van der Waals surface area contributed by atoms with Gasteiger partial charge >= 0.3 is 0 Å². The summed E-state index contributed by atoms with van der Waals surface area (Å²) >= 11 is 0. The molecule has 0 radical (unpaired) electrons. The molecule has 2 rings (SSSR count). The Balaban J connectivity index is 2.37. The SMILES string of the molecule is CP(C)(=O)OC(C(=O)c1ccccc1)C(=O)c1ccccc1. The van der Waals surface area contributed by atoms with Gasteiger partial charge in [0.2, 0.25) is 0 Å². The number of benzene rings is 2. The maximum Gasteiger partial charge on any atom is 0.200 e. The van der Waals surface area contributed by atoms with Gasteiger partial charge in [0.05, 0.1) is 0 Å². The molecule has 0 aliphatic heterocycles. The number of carbonyl (C=O) groups excluding carboxylic acids is 2. The first-order chi connectivity index (χ1) is 10.4. The van der Waals surface area contributed by atoms with Crippen molar-refractivity contribution in [3.8, 4) is 0 Å². The summed E-state index contributed by atoms with van der Waals surface area (Å²) in [4.78, 5) is 25.1. The van der Waals surface area contributed by atoms with Crippen LogP contribution in [0.3, 0.4) is 0 Å². The van der Waals surface area contributed by atoms with Crippen LogP contribution in [0.15, 0.2) is 60.7 Å². The van der Waals surface area contributed by atoms with Crippen molar-refractivity contribution in [2.75, 3.05) is 13.3 Å². The molecule has 0 saturated heterocycles. The maximum atomic E-state index is 12.6. The van der Waals surface area contributed by atoms with Crippen molar-refractivity contribution in [2.24, 2.45) is 0 Å². The van der Waals surface area contributed by atoms with Crippen LogP contribution in [-0.4, -0.2) is 31.0 Å². The van der Waals surface area contributed by atoms with Crippen molar-refractivity contribution in [1.29, 1.82) is 0 Å². The van der Waals surface area contributed by atoms with Crippen molar-refractivity contribution < 1.29 is 18.7 Å². The van der Waals surface area contributed by atoms with Gasteiger partial charge in [-0.05, 0) is 0 Å². The van der Waals surface area contributed by atoms with Crippen molar-refractivity contribution in [3.63, 3.8) is 0 Å². The van der Waals surface area contributed by atoms with E-state index in [-0.39, 0.29) is 0 Å². The largest absolute Gasteiger partial charge is 0.309 e. The van der Waals surface area contributed by atoms with Crippen LogP contribution in [0.4, 0.5) is 0 Å². The summed E-state index contributed by atoms with van der Waals surface area (Å²) in [5.41, 5.74) is 0.704. The molecule has 0 atom stereocenters. The lowest BCUT2D eigenvalue weighted by molar-refractivity contribution is 0.0676. The van der Waals surface area contributed by atoms with Gasteiger partial charge in [-0.25, -0.2) is 0 Å². The molecule has 0 amide bonds. The van der Waals surface area contributed by atoms with Crippen LogP contribution in [-0.2, 0) is 9.09 Å². The summed E-state index contributed by atoms with van der Waals surface area (Å²) in [5.74, 6) is -0.975. The quantitative estimate of drug-likeness (QED) is 0.463.